The summed E-state index contributed by atoms with van der Waals surface area (Å²) in [6.45, 7) is 0.888. The monoisotopic (exact) mass is 360 g/mol. The molecule has 0 spiro atoms. The first-order valence-electron chi connectivity index (χ1n) is 6.80. The lowest BCUT2D eigenvalue weighted by Crippen LogP contribution is -2.18. The average Bonchev–Trinajstić information content (AvgIpc) is 2.48. The molecule has 6 heteroatoms. The molecule has 1 aliphatic carbocycles. The molecule has 0 radical (unpaired) electrons. The molecule has 0 bridgehead atoms. The van der Waals surface area contributed by atoms with Crippen LogP contribution in [0.15, 0.2) is 10.5 Å². The first-order valence-corrected chi connectivity index (χ1v) is 7.97. The van der Waals surface area contributed by atoms with Crippen molar-refractivity contribution in [3.63, 3.8) is 0 Å². The zero-order valence-electron chi connectivity index (χ0n) is 11.4. The van der Waals surface area contributed by atoms with Crippen LogP contribution in [0.3, 0.4) is 0 Å². The molecule has 0 aliphatic heterocycles. The molecule has 1 aromatic rings. The van der Waals surface area contributed by atoms with Gasteiger partial charge in [-0.1, -0.05) is 30.9 Å². The fourth-order valence-corrected chi connectivity index (χ4v) is 3.20. The predicted octanol–water partition coefficient (Wildman–Crippen LogP) is 4.28. The van der Waals surface area contributed by atoms with E-state index in [0.717, 1.165) is 12.2 Å². The lowest BCUT2D eigenvalue weighted by Gasteiger charge is -2.22. The Bertz CT molecular complexity index is 490. The summed E-state index contributed by atoms with van der Waals surface area (Å²) in [7, 11) is 1.33. The quantitative estimate of drug-likeness (QED) is 0.642. The van der Waals surface area contributed by atoms with Crippen LogP contribution < -0.4 is 5.32 Å². The summed E-state index contributed by atoms with van der Waals surface area (Å²) in [5, 5.41) is 3.64. The SMILES string of the molecule is COC(=O)c1nc(Cl)cc(NCC2CCCCC2)c1Br. The highest BCUT2D eigenvalue weighted by molar-refractivity contribution is 9.10. The van der Waals surface area contributed by atoms with Crippen molar-refractivity contribution in [2.24, 2.45) is 5.92 Å². The number of hydrogen-bond acceptors (Lipinski definition) is 4. The van der Waals surface area contributed by atoms with Crippen LogP contribution in [0, 0.1) is 5.92 Å². The summed E-state index contributed by atoms with van der Waals surface area (Å²) >= 11 is 9.36. The van der Waals surface area contributed by atoms with Crippen LogP contribution in [0.25, 0.3) is 0 Å². The van der Waals surface area contributed by atoms with Crippen molar-refractivity contribution in [3.8, 4) is 0 Å². The fourth-order valence-electron chi connectivity index (χ4n) is 2.50. The van der Waals surface area contributed by atoms with E-state index in [2.05, 4.69) is 26.2 Å². The van der Waals surface area contributed by atoms with Gasteiger partial charge in [-0.3, -0.25) is 0 Å². The van der Waals surface area contributed by atoms with Crippen molar-refractivity contribution >= 4 is 39.2 Å². The number of ether oxygens (including phenoxy) is 1. The van der Waals surface area contributed by atoms with E-state index in [4.69, 9.17) is 16.3 Å². The van der Waals surface area contributed by atoms with Crippen molar-refractivity contribution in [3.05, 3.63) is 21.4 Å². The van der Waals surface area contributed by atoms with E-state index in [9.17, 15) is 4.79 Å². The number of nitrogens with zero attached hydrogens (tertiary/aromatic N) is 1. The standard InChI is InChI=1S/C14H18BrClN2O2/c1-20-14(19)13-12(15)10(7-11(16)18-13)17-8-9-5-3-2-4-6-9/h7,9H,2-6,8H2,1H3,(H,17,18). The number of carbonyl (C=O) groups excluding carboxylic acids is 1. The zero-order chi connectivity index (χ0) is 14.5. The number of aromatic nitrogens is 1. The fraction of sp³-hybridized carbons (Fsp3) is 0.571. The van der Waals surface area contributed by atoms with Gasteiger partial charge < -0.3 is 10.1 Å². The Kier molecular flexibility index (Phi) is 5.66. The molecule has 0 atom stereocenters. The Hall–Kier alpha value is -0.810. The Morgan fingerprint density at radius 2 is 2.20 bits per heavy atom. The second kappa shape index (κ2) is 7.27. The Morgan fingerprint density at radius 1 is 1.50 bits per heavy atom. The van der Waals surface area contributed by atoms with Crippen LogP contribution in [0.4, 0.5) is 5.69 Å². The Labute approximate surface area is 132 Å². The van der Waals surface area contributed by atoms with Gasteiger partial charge in [-0.15, -0.1) is 0 Å². The summed E-state index contributed by atoms with van der Waals surface area (Å²) in [6, 6.07) is 1.72. The van der Waals surface area contributed by atoms with E-state index < -0.39 is 5.97 Å². The highest BCUT2D eigenvalue weighted by atomic mass is 79.9. The topological polar surface area (TPSA) is 51.2 Å². The molecule has 0 unspecified atom stereocenters. The van der Waals surface area contributed by atoms with E-state index in [-0.39, 0.29) is 10.8 Å². The lowest BCUT2D eigenvalue weighted by molar-refractivity contribution is 0.0593. The largest absolute Gasteiger partial charge is 0.464 e. The maximum atomic E-state index is 11.6. The van der Waals surface area contributed by atoms with Gasteiger partial charge in [0.05, 0.1) is 17.3 Å². The Balaban J connectivity index is 2.10. The van der Waals surface area contributed by atoms with Crippen LogP contribution >= 0.6 is 27.5 Å². The third-order valence-electron chi connectivity index (χ3n) is 3.61. The van der Waals surface area contributed by atoms with Gasteiger partial charge in [0.15, 0.2) is 5.69 Å². The molecule has 1 heterocycles. The van der Waals surface area contributed by atoms with Crippen molar-refractivity contribution < 1.29 is 9.53 Å². The van der Waals surface area contributed by atoms with Crippen LogP contribution in [0.1, 0.15) is 42.6 Å². The number of esters is 1. The molecule has 110 valence electrons. The molecule has 0 aromatic carbocycles. The smallest absolute Gasteiger partial charge is 0.357 e. The van der Waals surface area contributed by atoms with Gasteiger partial charge in [0.2, 0.25) is 0 Å². The van der Waals surface area contributed by atoms with Crippen molar-refractivity contribution in [2.75, 3.05) is 19.0 Å². The molecular weight excluding hydrogens is 344 g/mol. The number of halogens is 2. The molecule has 1 aliphatic rings. The third kappa shape index (κ3) is 3.85. The van der Waals surface area contributed by atoms with Crippen molar-refractivity contribution in [2.45, 2.75) is 32.1 Å². The summed E-state index contributed by atoms with van der Waals surface area (Å²) in [4.78, 5) is 15.6. The first kappa shape index (κ1) is 15.6. The molecule has 0 saturated heterocycles. The second-order valence-electron chi connectivity index (χ2n) is 5.03. The van der Waals surface area contributed by atoms with E-state index in [1.807, 2.05) is 0 Å². The van der Waals surface area contributed by atoms with Crippen LogP contribution in [0.5, 0.6) is 0 Å². The first-order chi connectivity index (χ1) is 9.61. The van der Waals surface area contributed by atoms with Gasteiger partial charge in [0.25, 0.3) is 0 Å². The normalized spacial score (nSPS) is 15.9. The molecular formula is C14H18BrClN2O2. The number of carbonyl (C=O) groups is 1. The van der Waals surface area contributed by atoms with Gasteiger partial charge in [0.1, 0.15) is 5.15 Å². The van der Waals surface area contributed by atoms with Gasteiger partial charge in [-0.2, -0.15) is 0 Å². The number of anilines is 1. The van der Waals surface area contributed by atoms with E-state index >= 15 is 0 Å². The zero-order valence-corrected chi connectivity index (χ0v) is 13.8. The third-order valence-corrected chi connectivity index (χ3v) is 4.61. The van der Waals surface area contributed by atoms with E-state index in [0.29, 0.717) is 10.4 Å². The van der Waals surface area contributed by atoms with Gasteiger partial charge in [0, 0.05) is 6.54 Å². The molecule has 0 amide bonds. The van der Waals surface area contributed by atoms with Crippen molar-refractivity contribution in [1.82, 2.24) is 4.98 Å². The maximum absolute atomic E-state index is 11.6. The van der Waals surface area contributed by atoms with Crippen LogP contribution in [-0.2, 0) is 4.74 Å². The number of methoxy groups -OCH3 is 1. The van der Waals surface area contributed by atoms with Gasteiger partial charge in [-0.05, 0) is 40.8 Å². The molecule has 2 rings (SSSR count). The van der Waals surface area contributed by atoms with Crippen molar-refractivity contribution in [1.29, 1.82) is 0 Å². The minimum absolute atomic E-state index is 0.200. The number of nitrogens with one attached hydrogen (secondary N) is 1. The van der Waals surface area contributed by atoms with Crippen LogP contribution in [0.2, 0.25) is 5.15 Å². The Morgan fingerprint density at radius 3 is 2.85 bits per heavy atom. The number of pyridine rings is 1. The number of hydrogen-bond donors (Lipinski definition) is 1. The molecule has 1 saturated carbocycles. The molecule has 4 nitrogen and oxygen atoms in total. The molecule has 20 heavy (non-hydrogen) atoms. The van der Waals surface area contributed by atoms with Gasteiger partial charge >= 0.3 is 5.97 Å². The molecule has 1 aromatic heterocycles. The van der Waals surface area contributed by atoms with E-state index in [1.54, 1.807) is 6.07 Å². The minimum atomic E-state index is -0.500. The molecule has 1 N–H and O–H groups in total. The van der Waals surface area contributed by atoms with Crippen LogP contribution in [-0.4, -0.2) is 24.6 Å². The minimum Gasteiger partial charge on any atom is -0.464 e. The predicted molar refractivity (Wildman–Crippen MR) is 83.4 cm³/mol. The van der Waals surface area contributed by atoms with Gasteiger partial charge in [-0.25, -0.2) is 9.78 Å². The average molecular weight is 362 g/mol. The summed E-state index contributed by atoms with van der Waals surface area (Å²) in [5.41, 5.74) is 0.988. The number of rotatable bonds is 4. The summed E-state index contributed by atoms with van der Waals surface area (Å²) in [5.74, 6) is 0.184. The highest BCUT2D eigenvalue weighted by Crippen LogP contribution is 2.30. The summed E-state index contributed by atoms with van der Waals surface area (Å²) < 4.78 is 5.31. The highest BCUT2D eigenvalue weighted by Gasteiger charge is 2.18. The molecule has 1 fully saturated rings. The summed E-state index contributed by atoms with van der Waals surface area (Å²) in [6.07, 6.45) is 6.46. The second-order valence-corrected chi connectivity index (χ2v) is 6.21. The van der Waals surface area contributed by atoms with E-state index in [1.165, 1.54) is 39.2 Å². The maximum Gasteiger partial charge on any atom is 0.357 e. The lowest BCUT2D eigenvalue weighted by atomic mass is 9.89.